The molecule has 0 unspecified atom stereocenters. The smallest absolute Gasteiger partial charge is 0.250 e. The fourth-order valence-electron chi connectivity index (χ4n) is 1.30. The third kappa shape index (κ3) is 3.36. The summed E-state index contributed by atoms with van der Waals surface area (Å²) in [4.78, 5) is 13.9. The standard InChI is InChI=1S/C13H19N3O2Si/c1-13(2,3)19(4,5)18-12-8-6-7-11(15-16-14)10(12)9-17/h6-9H,1-5H3. The minimum absolute atomic E-state index is 0.0294. The molecule has 0 amide bonds. The predicted octanol–water partition coefficient (Wildman–Crippen LogP) is 4.82. The molecule has 1 rings (SSSR count). The molecule has 1 aromatic rings. The Morgan fingerprint density at radius 1 is 1.37 bits per heavy atom. The second-order valence-corrected chi connectivity index (χ2v) is 10.6. The Bertz CT molecular complexity index is 529. The van der Waals surface area contributed by atoms with Crippen LogP contribution in [0.1, 0.15) is 31.1 Å². The third-order valence-electron chi connectivity index (χ3n) is 3.48. The summed E-state index contributed by atoms with van der Waals surface area (Å²) in [5, 5.41) is 3.54. The van der Waals surface area contributed by atoms with E-state index in [-0.39, 0.29) is 5.04 Å². The lowest BCUT2D eigenvalue weighted by molar-refractivity contribution is 0.112. The predicted molar refractivity (Wildman–Crippen MR) is 78.5 cm³/mol. The summed E-state index contributed by atoms with van der Waals surface area (Å²) in [6.07, 6.45) is 0.673. The Morgan fingerprint density at radius 3 is 2.47 bits per heavy atom. The minimum atomic E-state index is -2.03. The first kappa shape index (κ1) is 15.3. The molecule has 0 fully saturated rings. The highest BCUT2D eigenvalue weighted by Gasteiger charge is 2.39. The number of nitrogens with zero attached hydrogens (tertiary/aromatic N) is 3. The molecule has 0 saturated carbocycles. The summed E-state index contributed by atoms with van der Waals surface area (Å²) in [6, 6.07) is 5.06. The number of hydrogen-bond acceptors (Lipinski definition) is 3. The van der Waals surface area contributed by atoms with Gasteiger partial charge >= 0.3 is 0 Å². The van der Waals surface area contributed by atoms with Crippen molar-refractivity contribution in [1.29, 1.82) is 0 Å². The molecule has 0 bridgehead atoms. The molecular weight excluding hydrogens is 258 g/mol. The molecule has 0 aromatic heterocycles. The van der Waals surface area contributed by atoms with Gasteiger partial charge in [0.1, 0.15) is 5.75 Å². The third-order valence-corrected chi connectivity index (χ3v) is 7.83. The first-order valence-electron chi connectivity index (χ1n) is 6.05. The van der Waals surface area contributed by atoms with Gasteiger partial charge in [-0.3, -0.25) is 4.79 Å². The van der Waals surface area contributed by atoms with Gasteiger partial charge in [0.05, 0.1) is 11.3 Å². The molecule has 0 spiro atoms. The van der Waals surface area contributed by atoms with E-state index in [9.17, 15) is 4.79 Å². The molecule has 19 heavy (non-hydrogen) atoms. The molecular formula is C13H19N3O2Si. The maximum absolute atomic E-state index is 11.2. The van der Waals surface area contributed by atoms with Gasteiger partial charge in [-0.25, -0.2) is 0 Å². The van der Waals surface area contributed by atoms with Crippen LogP contribution in [0.2, 0.25) is 18.1 Å². The molecule has 1 aromatic carbocycles. The Labute approximate surface area is 114 Å². The van der Waals surface area contributed by atoms with Crippen LogP contribution in [0.25, 0.3) is 10.4 Å². The van der Waals surface area contributed by atoms with E-state index in [4.69, 9.17) is 9.96 Å². The van der Waals surface area contributed by atoms with Gasteiger partial charge in [-0.05, 0) is 29.7 Å². The molecule has 0 radical (unpaired) electrons. The van der Waals surface area contributed by atoms with Crippen LogP contribution in [0.5, 0.6) is 5.75 Å². The zero-order chi connectivity index (χ0) is 14.7. The van der Waals surface area contributed by atoms with Crippen molar-refractivity contribution >= 4 is 20.3 Å². The fourth-order valence-corrected chi connectivity index (χ4v) is 2.34. The summed E-state index contributed by atoms with van der Waals surface area (Å²) in [7, 11) is -2.03. The summed E-state index contributed by atoms with van der Waals surface area (Å²) < 4.78 is 6.10. The monoisotopic (exact) mass is 277 g/mol. The Kier molecular flexibility index (Phi) is 4.39. The van der Waals surface area contributed by atoms with Crippen molar-refractivity contribution in [2.24, 2.45) is 5.11 Å². The molecule has 0 aliphatic rings. The highest BCUT2D eigenvalue weighted by Crippen LogP contribution is 2.39. The lowest BCUT2D eigenvalue weighted by Crippen LogP contribution is -2.44. The maximum atomic E-state index is 11.2. The average Bonchev–Trinajstić information content (AvgIpc) is 2.28. The Balaban J connectivity index is 3.26. The van der Waals surface area contributed by atoms with Crippen LogP contribution in [0, 0.1) is 0 Å². The number of hydrogen-bond donors (Lipinski definition) is 0. The van der Waals surface area contributed by atoms with E-state index < -0.39 is 8.32 Å². The van der Waals surface area contributed by atoms with Crippen LogP contribution >= 0.6 is 0 Å². The molecule has 0 N–H and O–H groups in total. The van der Waals surface area contributed by atoms with Crippen LogP contribution in [0.3, 0.4) is 0 Å². The van der Waals surface area contributed by atoms with Gasteiger partial charge in [-0.2, -0.15) is 0 Å². The zero-order valence-electron chi connectivity index (χ0n) is 12.0. The van der Waals surface area contributed by atoms with Crippen LogP contribution in [0.15, 0.2) is 23.3 Å². The van der Waals surface area contributed by atoms with E-state index in [1.54, 1.807) is 18.2 Å². The van der Waals surface area contributed by atoms with Gasteiger partial charge < -0.3 is 4.43 Å². The second kappa shape index (κ2) is 5.46. The lowest BCUT2D eigenvalue weighted by atomic mass is 10.2. The van der Waals surface area contributed by atoms with Gasteiger partial charge in [-0.1, -0.05) is 38.0 Å². The summed E-state index contributed by atoms with van der Waals surface area (Å²) in [5.41, 5.74) is 9.11. The normalized spacial score (nSPS) is 11.6. The van der Waals surface area contributed by atoms with Gasteiger partial charge in [0.15, 0.2) is 6.29 Å². The molecule has 0 atom stereocenters. The summed E-state index contributed by atoms with van der Waals surface area (Å²) >= 11 is 0. The molecule has 0 aliphatic carbocycles. The van der Waals surface area contributed by atoms with Crippen molar-refractivity contribution in [3.63, 3.8) is 0 Å². The van der Waals surface area contributed by atoms with Gasteiger partial charge in [0, 0.05) is 4.91 Å². The van der Waals surface area contributed by atoms with E-state index in [0.29, 0.717) is 23.3 Å². The van der Waals surface area contributed by atoms with Crippen LogP contribution in [0.4, 0.5) is 5.69 Å². The van der Waals surface area contributed by atoms with Gasteiger partial charge in [0.2, 0.25) is 0 Å². The number of benzene rings is 1. The summed E-state index contributed by atoms with van der Waals surface area (Å²) in [6.45, 7) is 10.6. The number of azide groups is 1. The Morgan fingerprint density at radius 2 is 2.00 bits per heavy atom. The van der Waals surface area contributed by atoms with Crippen molar-refractivity contribution in [3.05, 3.63) is 34.2 Å². The first-order chi connectivity index (χ1) is 8.73. The van der Waals surface area contributed by atoms with E-state index in [0.717, 1.165) is 0 Å². The molecule has 102 valence electrons. The molecule has 0 aliphatic heterocycles. The van der Waals surface area contributed by atoms with E-state index in [1.807, 2.05) is 0 Å². The van der Waals surface area contributed by atoms with E-state index in [2.05, 4.69) is 43.9 Å². The van der Waals surface area contributed by atoms with Crippen LogP contribution in [-0.4, -0.2) is 14.6 Å². The molecule has 6 heteroatoms. The Hall–Kier alpha value is -1.78. The largest absolute Gasteiger partial charge is 0.543 e. The zero-order valence-corrected chi connectivity index (χ0v) is 13.0. The highest BCUT2D eigenvalue weighted by molar-refractivity contribution is 6.74. The van der Waals surface area contributed by atoms with Crippen molar-refractivity contribution in [3.8, 4) is 5.75 Å². The SMILES string of the molecule is CC(C)(C)[Si](C)(C)Oc1cccc(N=[N+]=[N-])c1C=O. The number of carbonyl (C=O) groups is 1. The van der Waals surface area contributed by atoms with Crippen molar-refractivity contribution < 1.29 is 9.22 Å². The molecule has 0 heterocycles. The topological polar surface area (TPSA) is 75.1 Å². The van der Waals surface area contributed by atoms with Crippen molar-refractivity contribution in [2.45, 2.75) is 38.9 Å². The number of carbonyl (C=O) groups excluding carboxylic acids is 1. The highest BCUT2D eigenvalue weighted by atomic mass is 28.4. The quantitative estimate of drug-likeness (QED) is 0.260. The molecule has 5 nitrogen and oxygen atoms in total. The van der Waals surface area contributed by atoms with Crippen LogP contribution < -0.4 is 4.43 Å². The lowest BCUT2D eigenvalue weighted by Gasteiger charge is -2.36. The minimum Gasteiger partial charge on any atom is -0.543 e. The van der Waals surface area contributed by atoms with Gasteiger partial charge in [-0.15, -0.1) is 0 Å². The fraction of sp³-hybridized carbons (Fsp3) is 0.462. The van der Waals surface area contributed by atoms with Crippen LogP contribution in [-0.2, 0) is 0 Å². The summed E-state index contributed by atoms with van der Waals surface area (Å²) in [5.74, 6) is 0.492. The van der Waals surface area contributed by atoms with E-state index >= 15 is 0 Å². The number of rotatable bonds is 4. The van der Waals surface area contributed by atoms with Gasteiger partial charge in [0.25, 0.3) is 8.32 Å². The average molecular weight is 277 g/mol. The van der Waals surface area contributed by atoms with Crippen molar-refractivity contribution in [2.75, 3.05) is 0 Å². The molecule has 0 saturated heterocycles. The second-order valence-electron chi connectivity index (χ2n) is 5.86. The van der Waals surface area contributed by atoms with Crippen molar-refractivity contribution in [1.82, 2.24) is 0 Å². The number of aldehydes is 1. The maximum Gasteiger partial charge on any atom is 0.250 e. The first-order valence-corrected chi connectivity index (χ1v) is 8.96. The van der Waals surface area contributed by atoms with E-state index in [1.165, 1.54) is 0 Å².